The average molecular weight is 269 g/mol. The van der Waals surface area contributed by atoms with Gasteiger partial charge in [-0.05, 0) is 30.7 Å². The maximum absolute atomic E-state index is 9.87. The quantitative estimate of drug-likeness (QED) is 0.681. The van der Waals surface area contributed by atoms with Crippen LogP contribution in [-0.4, -0.2) is 28.8 Å². The molecule has 0 aliphatic carbocycles. The third-order valence-corrected chi connectivity index (χ3v) is 2.63. The van der Waals surface area contributed by atoms with E-state index in [2.05, 4.69) is 9.97 Å². The van der Waals surface area contributed by atoms with Gasteiger partial charge in [0.15, 0.2) is 6.29 Å². The lowest BCUT2D eigenvalue weighted by molar-refractivity contribution is -0.0996. The number of nitrogens with zero attached hydrogens (tertiary/aromatic N) is 2. The molecule has 0 bridgehead atoms. The zero-order valence-corrected chi connectivity index (χ0v) is 10.8. The predicted molar refractivity (Wildman–Crippen MR) is 67.7 cm³/mol. The lowest BCUT2D eigenvalue weighted by atomic mass is 10.1. The molecule has 18 heavy (non-hydrogen) atoms. The van der Waals surface area contributed by atoms with Gasteiger partial charge >= 0.3 is 0 Å². The van der Waals surface area contributed by atoms with Crippen LogP contribution in [0.3, 0.4) is 0 Å². The summed E-state index contributed by atoms with van der Waals surface area (Å²) in [5, 5.41) is 10.6. The number of halogens is 1. The largest absolute Gasteiger partial charge is 0.497 e. The second-order valence-electron chi connectivity index (χ2n) is 3.57. The summed E-state index contributed by atoms with van der Waals surface area (Å²) in [6.07, 6.45) is -1.12. The zero-order valence-electron chi connectivity index (χ0n) is 10.1. The van der Waals surface area contributed by atoms with Gasteiger partial charge in [-0.2, -0.15) is 0 Å². The summed E-state index contributed by atoms with van der Waals surface area (Å²) in [5.74, 6) is 0.661. The van der Waals surface area contributed by atoms with Crippen LogP contribution in [0, 0.1) is 0 Å². The molecule has 1 heterocycles. The van der Waals surface area contributed by atoms with Crippen molar-refractivity contribution < 1.29 is 14.6 Å². The molecule has 0 saturated heterocycles. The Morgan fingerprint density at radius 2 is 2.17 bits per heavy atom. The third kappa shape index (κ3) is 2.53. The molecule has 2 aromatic rings. The minimum atomic E-state index is -1.12. The maximum Gasteiger partial charge on any atom is 0.223 e. The summed E-state index contributed by atoms with van der Waals surface area (Å²) in [7, 11) is 1.57. The molecule has 96 valence electrons. The van der Waals surface area contributed by atoms with Crippen LogP contribution in [-0.2, 0) is 4.74 Å². The summed E-state index contributed by atoms with van der Waals surface area (Å²) in [5.41, 5.74) is 0.956. The van der Waals surface area contributed by atoms with Crippen LogP contribution in [0.1, 0.15) is 18.9 Å². The Labute approximate surface area is 109 Å². The number of aliphatic hydroxyl groups excluding tert-OH is 1. The molecular formula is C12H13ClN2O3. The summed E-state index contributed by atoms with van der Waals surface area (Å²) in [4.78, 5) is 8.11. The number of ether oxygens (including phenoxy) is 2. The van der Waals surface area contributed by atoms with E-state index in [4.69, 9.17) is 21.1 Å². The van der Waals surface area contributed by atoms with Crippen molar-refractivity contribution in [3.63, 3.8) is 0 Å². The molecule has 0 spiro atoms. The Morgan fingerprint density at radius 3 is 2.83 bits per heavy atom. The van der Waals surface area contributed by atoms with Crippen LogP contribution in [0.25, 0.3) is 10.9 Å². The van der Waals surface area contributed by atoms with Gasteiger partial charge in [0.2, 0.25) is 5.28 Å². The smallest absolute Gasteiger partial charge is 0.223 e. The van der Waals surface area contributed by atoms with Gasteiger partial charge in [0.25, 0.3) is 0 Å². The van der Waals surface area contributed by atoms with E-state index in [1.807, 2.05) is 0 Å². The van der Waals surface area contributed by atoms with Crippen molar-refractivity contribution in [2.75, 3.05) is 13.7 Å². The van der Waals surface area contributed by atoms with E-state index in [1.54, 1.807) is 32.2 Å². The fourth-order valence-electron chi connectivity index (χ4n) is 1.66. The van der Waals surface area contributed by atoms with Gasteiger partial charge in [-0.15, -0.1) is 0 Å². The molecule has 6 heteroatoms. The van der Waals surface area contributed by atoms with Crippen LogP contribution in [0.15, 0.2) is 18.2 Å². The molecule has 1 aromatic carbocycles. The number of hydrogen-bond donors (Lipinski definition) is 1. The number of aromatic nitrogens is 2. The molecule has 1 unspecified atom stereocenters. The van der Waals surface area contributed by atoms with E-state index in [0.29, 0.717) is 29.0 Å². The van der Waals surface area contributed by atoms with Crippen LogP contribution in [0.4, 0.5) is 0 Å². The minimum absolute atomic E-state index is 0.0597. The average Bonchev–Trinajstić information content (AvgIpc) is 2.37. The van der Waals surface area contributed by atoms with Crippen LogP contribution < -0.4 is 4.74 Å². The van der Waals surface area contributed by atoms with Gasteiger partial charge in [0, 0.05) is 18.1 Å². The SMILES string of the molecule is CCOC(O)c1nc(Cl)nc2cc(OC)ccc12. The molecule has 0 saturated carbocycles. The van der Waals surface area contributed by atoms with E-state index in [-0.39, 0.29) is 5.28 Å². The van der Waals surface area contributed by atoms with E-state index in [9.17, 15) is 5.11 Å². The topological polar surface area (TPSA) is 64.5 Å². The van der Waals surface area contributed by atoms with Crippen molar-refractivity contribution >= 4 is 22.5 Å². The van der Waals surface area contributed by atoms with Crippen molar-refractivity contribution in [2.45, 2.75) is 13.2 Å². The van der Waals surface area contributed by atoms with Crippen molar-refractivity contribution in [3.05, 3.63) is 29.2 Å². The highest BCUT2D eigenvalue weighted by Crippen LogP contribution is 2.26. The number of hydrogen-bond acceptors (Lipinski definition) is 5. The second kappa shape index (κ2) is 5.48. The van der Waals surface area contributed by atoms with Crippen LogP contribution in [0.2, 0.25) is 5.28 Å². The molecule has 2 rings (SSSR count). The van der Waals surface area contributed by atoms with Crippen molar-refractivity contribution in [1.82, 2.24) is 9.97 Å². The Morgan fingerprint density at radius 1 is 1.39 bits per heavy atom. The normalized spacial score (nSPS) is 12.7. The summed E-state index contributed by atoms with van der Waals surface area (Å²) < 4.78 is 10.2. The molecule has 0 aliphatic heterocycles. The molecule has 0 aliphatic rings. The fraction of sp³-hybridized carbons (Fsp3) is 0.333. The molecule has 5 nitrogen and oxygen atoms in total. The zero-order chi connectivity index (χ0) is 13.1. The first kappa shape index (κ1) is 13.0. The van der Waals surface area contributed by atoms with Crippen molar-refractivity contribution in [1.29, 1.82) is 0 Å². The lowest BCUT2D eigenvalue weighted by Crippen LogP contribution is -2.07. The van der Waals surface area contributed by atoms with Crippen molar-refractivity contribution in [3.8, 4) is 5.75 Å². The second-order valence-corrected chi connectivity index (χ2v) is 3.91. The Kier molecular flexibility index (Phi) is 3.96. The van der Waals surface area contributed by atoms with E-state index >= 15 is 0 Å². The van der Waals surface area contributed by atoms with Crippen molar-refractivity contribution in [2.24, 2.45) is 0 Å². The first-order chi connectivity index (χ1) is 8.65. The van der Waals surface area contributed by atoms with Crippen LogP contribution >= 0.6 is 11.6 Å². The Hall–Kier alpha value is -1.43. The number of methoxy groups -OCH3 is 1. The van der Waals surface area contributed by atoms with Gasteiger partial charge in [0.1, 0.15) is 11.4 Å². The summed E-state index contributed by atoms with van der Waals surface area (Å²) in [6.45, 7) is 2.16. The van der Waals surface area contributed by atoms with Crippen LogP contribution in [0.5, 0.6) is 5.75 Å². The van der Waals surface area contributed by atoms with E-state index in [1.165, 1.54) is 0 Å². The Bertz CT molecular complexity index is 562. The molecule has 0 radical (unpaired) electrons. The monoisotopic (exact) mass is 268 g/mol. The summed E-state index contributed by atoms with van der Waals surface area (Å²) in [6, 6.07) is 5.26. The maximum atomic E-state index is 9.87. The highest BCUT2D eigenvalue weighted by Gasteiger charge is 2.15. The van der Waals surface area contributed by atoms with Gasteiger partial charge in [-0.1, -0.05) is 0 Å². The number of benzene rings is 1. The van der Waals surface area contributed by atoms with E-state index < -0.39 is 6.29 Å². The lowest BCUT2D eigenvalue weighted by Gasteiger charge is -2.13. The standard InChI is InChI=1S/C12H13ClN2O3/c1-3-18-11(16)10-8-5-4-7(17-2)6-9(8)14-12(13)15-10/h4-6,11,16H,3H2,1-2H3. The van der Waals surface area contributed by atoms with Gasteiger partial charge in [0.05, 0.1) is 12.6 Å². The molecule has 1 N–H and O–H groups in total. The number of aliphatic hydroxyl groups is 1. The first-order valence-corrected chi connectivity index (χ1v) is 5.84. The van der Waals surface area contributed by atoms with Gasteiger partial charge in [-0.25, -0.2) is 9.97 Å². The van der Waals surface area contributed by atoms with Gasteiger partial charge < -0.3 is 14.6 Å². The minimum Gasteiger partial charge on any atom is -0.497 e. The molecule has 0 amide bonds. The predicted octanol–water partition coefficient (Wildman–Crippen LogP) is 2.32. The Balaban J connectivity index is 2.58. The highest BCUT2D eigenvalue weighted by atomic mass is 35.5. The molecule has 1 aromatic heterocycles. The van der Waals surface area contributed by atoms with Gasteiger partial charge in [-0.3, -0.25) is 0 Å². The van der Waals surface area contributed by atoms with E-state index in [0.717, 1.165) is 0 Å². The molecular weight excluding hydrogens is 256 g/mol. The highest BCUT2D eigenvalue weighted by molar-refractivity contribution is 6.28. The number of rotatable bonds is 4. The third-order valence-electron chi connectivity index (χ3n) is 2.46. The fourth-order valence-corrected chi connectivity index (χ4v) is 1.84. The number of fused-ring (bicyclic) bond motifs is 1. The first-order valence-electron chi connectivity index (χ1n) is 5.46. The summed E-state index contributed by atoms with van der Waals surface area (Å²) >= 11 is 5.83. The molecule has 1 atom stereocenters. The molecule has 0 fully saturated rings.